The quantitative estimate of drug-likeness (QED) is 0.220. The molecule has 270 valence electrons. The zero-order chi connectivity index (χ0) is 36.1. The molecule has 0 aromatic carbocycles. The molecule has 4 fully saturated rings. The number of ketones is 1. The number of hydrogen-bond acceptors (Lipinski definition) is 7. The third-order valence-electron chi connectivity index (χ3n) is 14.9. The van der Waals surface area contributed by atoms with Crippen molar-refractivity contribution in [2.45, 2.75) is 145 Å². The molecule has 1 aromatic heterocycles. The number of carboxylic acid groups (broad SMARTS) is 1. The number of aryl methyl sites for hydroxylation is 1. The van der Waals surface area contributed by atoms with Gasteiger partial charge in [0.2, 0.25) is 0 Å². The van der Waals surface area contributed by atoms with Gasteiger partial charge in [-0.1, -0.05) is 54.0 Å². The lowest BCUT2D eigenvalue weighted by atomic mass is 9.34. The van der Waals surface area contributed by atoms with Crippen LogP contribution in [0.15, 0.2) is 21.8 Å². The summed E-state index contributed by atoms with van der Waals surface area (Å²) in [6.45, 7) is 21.1. The number of oxazole rings is 1. The van der Waals surface area contributed by atoms with Crippen LogP contribution in [0.4, 0.5) is 0 Å². The van der Waals surface area contributed by atoms with Gasteiger partial charge in [0.05, 0.1) is 17.4 Å². The summed E-state index contributed by atoms with van der Waals surface area (Å²) in [5.41, 5.74) is 0.621. The molecule has 1 amide bonds. The maximum Gasteiger partial charge on any atom is 0.309 e. The first-order valence-electron chi connectivity index (χ1n) is 18.6. The van der Waals surface area contributed by atoms with E-state index in [9.17, 15) is 24.3 Å². The highest BCUT2D eigenvalue weighted by Crippen LogP contribution is 2.75. The molecular formula is C40H58N2O7. The van der Waals surface area contributed by atoms with E-state index in [0.29, 0.717) is 24.1 Å². The molecule has 8 atom stereocenters. The third-order valence-corrected chi connectivity index (χ3v) is 14.9. The summed E-state index contributed by atoms with van der Waals surface area (Å²) in [5.74, 6) is -0.339. The van der Waals surface area contributed by atoms with Crippen LogP contribution >= 0.6 is 0 Å². The van der Waals surface area contributed by atoms with E-state index in [0.717, 1.165) is 51.4 Å². The first-order valence-corrected chi connectivity index (χ1v) is 18.6. The van der Waals surface area contributed by atoms with Gasteiger partial charge in [0.15, 0.2) is 11.6 Å². The molecule has 2 N–H and O–H groups in total. The van der Waals surface area contributed by atoms with E-state index in [1.165, 1.54) is 17.4 Å². The number of aliphatic carboxylic acids is 1. The smallest absolute Gasteiger partial charge is 0.309 e. The molecule has 0 spiro atoms. The predicted molar refractivity (Wildman–Crippen MR) is 184 cm³/mol. The van der Waals surface area contributed by atoms with Crippen LogP contribution in [0.1, 0.15) is 143 Å². The SMILES string of the molecule is Cc1nc(C(=O)N[C@@]23CC[C@]4(C)C(=C2C(C(C)C)C(=O)C3)CCC2[C@@]3(C)CC[C@H](OC(=O)CC(C)(C)C(=O)O)C(C)(C)C3CC[C@]24C)co1. The molecule has 9 heteroatoms. The number of Topliss-reactive ketones (excluding diaryl/α,β-unsaturated/α-hetero) is 1. The predicted octanol–water partition coefficient (Wildman–Crippen LogP) is 7.86. The normalized spacial score (nSPS) is 38.3. The highest BCUT2D eigenvalue weighted by atomic mass is 16.5. The minimum absolute atomic E-state index is 0.00347. The summed E-state index contributed by atoms with van der Waals surface area (Å²) < 4.78 is 11.5. The van der Waals surface area contributed by atoms with Gasteiger partial charge < -0.3 is 19.6 Å². The van der Waals surface area contributed by atoms with Gasteiger partial charge in [0, 0.05) is 24.7 Å². The molecule has 5 aliphatic rings. The maximum atomic E-state index is 13.9. The number of allylic oxidation sites excluding steroid dienone is 1. The highest BCUT2D eigenvalue weighted by molar-refractivity contribution is 5.97. The topological polar surface area (TPSA) is 136 Å². The van der Waals surface area contributed by atoms with Crippen molar-refractivity contribution >= 4 is 23.6 Å². The molecular weight excluding hydrogens is 620 g/mol. The molecule has 0 aliphatic heterocycles. The fourth-order valence-electron chi connectivity index (χ4n) is 12.2. The molecule has 3 unspecified atom stereocenters. The number of fused-ring (bicyclic) bond motifs is 6. The summed E-state index contributed by atoms with van der Waals surface area (Å²) in [7, 11) is 0. The van der Waals surface area contributed by atoms with E-state index >= 15 is 0 Å². The van der Waals surface area contributed by atoms with Crippen LogP contribution in [0.25, 0.3) is 0 Å². The second kappa shape index (κ2) is 11.5. The van der Waals surface area contributed by atoms with Gasteiger partial charge in [0.1, 0.15) is 18.2 Å². The van der Waals surface area contributed by atoms with E-state index in [-0.39, 0.29) is 63.4 Å². The van der Waals surface area contributed by atoms with Gasteiger partial charge in [-0.25, -0.2) is 4.98 Å². The number of hydrogen-bond donors (Lipinski definition) is 2. The molecule has 1 heterocycles. The number of aromatic nitrogens is 1. The van der Waals surface area contributed by atoms with Gasteiger partial charge in [-0.3, -0.25) is 19.2 Å². The van der Waals surface area contributed by atoms with Crippen molar-refractivity contribution in [3.05, 3.63) is 29.0 Å². The van der Waals surface area contributed by atoms with Gasteiger partial charge in [-0.2, -0.15) is 0 Å². The Hall–Kier alpha value is -2.97. The van der Waals surface area contributed by atoms with Crippen LogP contribution in [0.3, 0.4) is 0 Å². The second-order valence-electron chi connectivity index (χ2n) is 18.7. The fourth-order valence-corrected chi connectivity index (χ4v) is 12.2. The number of carboxylic acids is 1. The van der Waals surface area contributed by atoms with Crippen LogP contribution in [0.5, 0.6) is 0 Å². The number of carbonyl (C=O) groups is 4. The summed E-state index contributed by atoms with van der Waals surface area (Å²) in [5, 5.41) is 12.9. The van der Waals surface area contributed by atoms with E-state index in [4.69, 9.17) is 9.15 Å². The number of carbonyl (C=O) groups excluding carboxylic acids is 3. The zero-order valence-corrected chi connectivity index (χ0v) is 31.4. The number of nitrogens with one attached hydrogen (secondary N) is 1. The monoisotopic (exact) mass is 678 g/mol. The van der Waals surface area contributed by atoms with Gasteiger partial charge in [0.25, 0.3) is 5.91 Å². The van der Waals surface area contributed by atoms with Gasteiger partial charge >= 0.3 is 11.9 Å². The molecule has 0 radical (unpaired) electrons. The lowest BCUT2D eigenvalue weighted by Gasteiger charge is -2.70. The molecule has 0 bridgehead atoms. The van der Waals surface area contributed by atoms with Crippen LogP contribution < -0.4 is 5.32 Å². The van der Waals surface area contributed by atoms with Crippen LogP contribution in [-0.4, -0.2) is 45.4 Å². The van der Waals surface area contributed by atoms with Crippen molar-refractivity contribution in [2.24, 2.45) is 50.7 Å². The lowest BCUT2D eigenvalue weighted by Crippen LogP contribution is -2.65. The number of rotatable bonds is 7. The maximum absolute atomic E-state index is 13.9. The molecule has 9 nitrogen and oxygen atoms in total. The van der Waals surface area contributed by atoms with Crippen molar-refractivity contribution in [3.8, 4) is 0 Å². The number of nitrogens with zero attached hydrogens (tertiary/aromatic N) is 1. The van der Waals surface area contributed by atoms with E-state index in [1.807, 2.05) is 0 Å². The van der Waals surface area contributed by atoms with Crippen molar-refractivity contribution in [2.75, 3.05) is 0 Å². The average Bonchev–Trinajstić information content (AvgIpc) is 3.55. The third kappa shape index (κ3) is 5.25. The van der Waals surface area contributed by atoms with Crippen molar-refractivity contribution in [1.82, 2.24) is 10.3 Å². The molecule has 4 saturated carbocycles. The average molecular weight is 679 g/mol. The Morgan fingerprint density at radius 1 is 1.04 bits per heavy atom. The first kappa shape index (κ1) is 35.8. The minimum atomic E-state index is -1.17. The first-order chi connectivity index (χ1) is 22.6. The van der Waals surface area contributed by atoms with Crippen molar-refractivity contribution < 1.29 is 33.4 Å². The standard InChI is InChI=1S/C40H58N2O7/c1-22(2)31-26(43)19-40(42-33(45)25-21-48-23(3)41-25)18-17-38(9)24(32(31)40)11-12-28-37(8)15-14-29(49-30(44)20-35(4,5)34(46)47)36(6,7)27(37)13-16-39(28,38)10/h21-22,27-29,31H,11-20H2,1-10H3,(H,42,45)(H,46,47)/t27?,28?,29-,31?,37-,38+,39+,40+/m0/s1. The van der Waals surface area contributed by atoms with E-state index in [1.54, 1.807) is 20.8 Å². The molecule has 0 saturated heterocycles. The van der Waals surface area contributed by atoms with Crippen molar-refractivity contribution in [1.29, 1.82) is 0 Å². The number of amides is 1. The summed E-state index contributed by atoms with van der Waals surface area (Å²) >= 11 is 0. The molecule has 1 aromatic rings. The zero-order valence-electron chi connectivity index (χ0n) is 31.4. The molecule has 5 aliphatic carbocycles. The van der Waals surface area contributed by atoms with Crippen LogP contribution in [0, 0.1) is 57.7 Å². The minimum Gasteiger partial charge on any atom is -0.481 e. The molecule has 49 heavy (non-hydrogen) atoms. The molecule has 6 rings (SSSR count). The van der Waals surface area contributed by atoms with Crippen LogP contribution in [0.2, 0.25) is 0 Å². The van der Waals surface area contributed by atoms with E-state index < -0.39 is 22.9 Å². The van der Waals surface area contributed by atoms with E-state index in [2.05, 4.69) is 58.8 Å². The van der Waals surface area contributed by atoms with Gasteiger partial charge in [-0.15, -0.1) is 0 Å². The van der Waals surface area contributed by atoms with Gasteiger partial charge in [-0.05, 0) is 105 Å². The Balaban J connectivity index is 1.33. The number of esters is 1. The van der Waals surface area contributed by atoms with Crippen LogP contribution in [-0.2, 0) is 19.1 Å². The second-order valence-corrected chi connectivity index (χ2v) is 18.7. The fraction of sp³-hybridized carbons (Fsp3) is 0.775. The summed E-state index contributed by atoms with van der Waals surface area (Å²) in [6, 6.07) is 0. The lowest BCUT2D eigenvalue weighted by molar-refractivity contribution is -0.214. The Morgan fingerprint density at radius 3 is 2.35 bits per heavy atom. The largest absolute Gasteiger partial charge is 0.481 e. The Morgan fingerprint density at radius 2 is 1.73 bits per heavy atom. The highest BCUT2D eigenvalue weighted by Gasteiger charge is 2.69. The Labute approximate surface area is 291 Å². The summed E-state index contributed by atoms with van der Waals surface area (Å²) in [6.07, 6.45) is 8.65. The Bertz CT molecular complexity index is 1600. The van der Waals surface area contributed by atoms with Crippen molar-refractivity contribution in [3.63, 3.8) is 0 Å². The summed E-state index contributed by atoms with van der Waals surface area (Å²) in [4.78, 5) is 56.5. The Kier molecular flexibility index (Phi) is 8.43. The number of ether oxygens (including phenoxy) is 1.